The third-order valence-corrected chi connectivity index (χ3v) is 1.81. The monoisotopic (exact) mass is 218 g/mol. The number of nitrogens with zero attached hydrogens (tertiary/aromatic N) is 1. The molecule has 0 unspecified atom stereocenters. The van der Waals surface area contributed by atoms with Crippen molar-refractivity contribution in [1.29, 1.82) is 0 Å². The van der Waals surface area contributed by atoms with E-state index in [1.54, 1.807) is 0 Å². The lowest BCUT2D eigenvalue weighted by Gasteiger charge is -2.09. The minimum Gasteiger partial charge on any atom is -0.505 e. The Hall–Kier alpha value is -1.76. The Labute approximate surface area is 83.2 Å². The molecular formula is C8H8F2N2O3. The van der Waals surface area contributed by atoms with Crippen LogP contribution in [0.15, 0.2) is 6.20 Å². The Morgan fingerprint density at radius 3 is 2.60 bits per heavy atom. The quantitative estimate of drug-likeness (QED) is 0.699. The molecule has 1 rings (SSSR count). The van der Waals surface area contributed by atoms with Crippen molar-refractivity contribution in [2.75, 3.05) is 0 Å². The maximum absolute atomic E-state index is 12.5. The van der Waals surface area contributed by atoms with Gasteiger partial charge in [-0.25, -0.2) is 13.6 Å². The molecule has 82 valence electrons. The van der Waals surface area contributed by atoms with Crippen LogP contribution < -0.4 is 5.73 Å². The fourth-order valence-electron chi connectivity index (χ4n) is 1.10. The first-order valence-corrected chi connectivity index (χ1v) is 3.91. The second-order valence-electron chi connectivity index (χ2n) is 2.69. The number of pyridine rings is 1. The van der Waals surface area contributed by atoms with Crippen LogP contribution in [0.5, 0.6) is 5.75 Å². The summed E-state index contributed by atoms with van der Waals surface area (Å²) in [6, 6.07) is 0. The van der Waals surface area contributed by atoms with Crippen LogP contribution in [-0.2, 0) is 6.54 Å². The highest BCUT2D eigenvalue weighted by molar-refractivity contribution is 5.90. The summed E-state index contributed by atoms with van der Waals surface area (Å²) >= 11 is 0. The van der Waals surface area contributed by atoms with Gasteiger partial charge in [-0.05, 0) is 0 Å². The van der Waals surface area contributed by atoms with Crippen molar-refractivity contribution >= 4 is 5.97 Å². The molecule has 5 nitrogen and oxygen atoms in total. The molecule has 0 saturated heterocycles. The highest BCUT2D eigenvalue weighted by Gasteiger charge is 2.24. The highest BCUT2D eigenvalue weighted by atomic mass is 19.3. The number of carbonyl (C=O) groups is 1. The van der Waals surface area contributed by atoms with Crippen LogP contribution in [-0.4, -0.2) is 21.2 Å². The number of carboxylic acids is 1. The number of aromatic hydroxyl groups is 1. The fraction of sp³-hybridized carbons (Fsp3) is 0.250. The van der Waals surface area contributed by atoms with Gasteiger partial charge in [-0.3, -0.25) is 4.98 Å². The summed E-state index contributed by atoms with van der Waals surface area (Å²) in [6.45, 7) is -0.245. The van der Waals surface area contributed by atoms with Crippen molar-refractivity contribution in [2.24, 2.45) is 5.73 Å². The largest absolute Gasteiger partial charge is 0.505 e. The summed E-state index contributed by atoms with van der Waals surface area (Å²) in [5.41, 5.74) is 3.31. The van der Waals surface area contributed by atoms with Gasteiger partial charge in [-0.1, -0.05) is 0 Å². The van der Waals surface area contributed by atoms with E-state index in [9.17, 15) is 18.7 Å². The minimum atomic E-state index is -3.09. The Morgan fingerprint density at radius 2 is 2.20 bits per heavy atom. The molecule has 4 N–H and O–H groups in total. The molecule has 7 heteroatoms. The normalized spacial score (nSPS) is 10.7. The van der Waals surface area contributed by atoms with Gasteiger partial charge in [0, 0.05) is 12.7 Å². The number of halogens is 2. The lowest BCUT2D eigenvalue weighted by molar-refractivity contribution is 0.0682. The second-order valence-corrected chi connectivity index (χ2v) is 2.69. The Bertz CT molecular complexity index is 396. The van der Waals surface area contributed by atoms with E-state index in [4.69, 9.17) is 10.8 Å². The zero-order valence-corrected chi connectivity index (χ0v) is 7.44. The summed E-state index contributed by atoms with van der Waals surface area (Å²) in [7, 11) is 0. The van der Waals surface area contributed by atoms with Gasteiger partial charge in [0.05, 0.1) is 16.8 Å². The first-order valence-electron chi connectivity index (χ1n) is 3.91. The first kappa shape index (κ1) is 11.3. The zero-order valence-electron chi connectivity index (χ0n) is 7.44. The SMILES string of the molecule is NCc1ncc(C(=O)O)c(C(F)F)c1O. The molecule has 1 heterocycles. The van der Waals surface area contributed by atoms with Crippen LogP contribution >= 0.6 is 0 Å². The van der Waals surface area contributed by atoms with Crippen molar-refractivity contribution in [3.8, 4) is 5.75 Å². The molecule has 0 amide bonds. The number of rotatable bonds is 3. The molecule has 0 spiro atoms. The second kappa shape index (κ2) is 4.18. The van der Waals surface area contributed by atoms with Gasteiger partial charge in [0.15, 0.2) is 0 Å². The number of carboxylic acid groups (broad SMARTS) is 1. The maximum Gasteiger partial charge on any atom is 0.337 e. The number of aromatic carboxylic acids is 1. The molecule has 0 fully saturated rings. The van der Waals surface area contributed by atoms with E-state index >= 15 is 0 Å². The van der Waals surface area contributed by atoms with Gasteiger partial charge in [0.2, 0.25) is 0 Å². The van der Waals surface area contributed by atoms with Crippen molar-refractivity contribution < 1.29 is 23.8 Å². The lowest BCUT2D eigenvalue weighted by atomic mass is 10.1. The van der Waals surface area contributed by atoms with E-state index in [1.165, 1.54) is 0 Å². The predicted molar refractivity (Wildman–Crippen MR) is 45.7 cm³/mol. The van der Waals surface area contributed by atoms with E-state index in [0.29, 0.717) is 0 Å². The van der Waals surface area contributed by atoms with Crippen molar-refractivity contribution in [1.82, 2.24) is 4.98 Å². The smallest absolute Gasteiger partial charge is 0.337 e. The summed E-state index contributed by atoms with van der Waals surface area (Å²) in [6.07, 6.45) is -2.34. The molecule has 1 aromatic heterocycles. The van der Waals surface area contributed by atoms with Crippen LogP contribution in [0, 0.1) is 0 Å². The molecule has 0 aliphatic heterocycles. The number of alkyl halides is 2. The van der Waals surface area contributed by atoms with E-state index in [0.717, 1.165) is 6.20 Å². The first-order chi connectivity index (χ1) is 6.99. The molecular weight excluding hydrogens is 210 g/mol. The van der Waals surface area contributed by atoms with Crippen molar-refractivity contribution in [2.45, 2.75) is 13.0 Å². The molecule has 0 bridgehead atoms. The minimum absolute atomic E-state index is 0.157. The van der Waals surface area contributed by atoms with Gasteiger partial charge in [-0.15, -0.1) is 0 Å². The van der Waals surface area contributed by atoms with E-state index in [2.05, 4.69) is 4.98 Å². The van der Waals surface area contributed by atoms with Crippen LogP contribution in [0.4, 0.5) is 8.78 Å². The van der Waals surface area contributed by atoms with Crippen LogP contribution in [0.25, 0.3) is 0 Å². The van der Waals surface area contributed by atoms with Crippen molar-refractivity contribution in [3.05, 3.63) is 23.0 Å². The molecule has 0 atom stereocenters. The summed E-state index contributed by atoms with van der Waals surface area (Å²) < 4.78 is 24.9. The number of hydrogen-bond acceptors (Lipinski definition) is 4. The summed E-state index contributed by atoms with van der Waals surface area (Å²) in [4.78, 5) is 14.0. The van der Waals surface area contributed by atoms with E-state index in [-0.39, 0.29) is 12.2 Å². The van der Waals surface area contributed by atoms with Crippen LogP contribution in [0.3, 0.4) is 0 Å². The number of aromatic nitrogens is 1. The number of nitrogens with two attached hydrogens (primary N) is 1. The highest BCUT2D eigenvalue weighted by Crippen LogP contribution is 2.32. The van der Waals surface area contributed by atoms with Gasteiger partial charge < -0.3 is 15.9 Å². The molecule has 1 aromatic rings. The fourth-order valence-corrected chi connectivity index (χ4v) is 1.10. The van der Waals surface area contributed by atoms with Gasteiger partial charge >= 0.3 is 5.97 Å². The van der Waals surface area contributed by atoms with E-state index in [1.807, 2.05) is 0 Å². The third-order valence-electron chi connectivity index (χ3n) is 1.81. The van der Waals surface area contributed by atoms with Gasteiger partial charge in [0.25, 0.3) is 6.43 Å². The third kappa shape index (κ3) is 2.01. The van der Waals surface area contributed by atoms with Crippen LogP contribution in [0.2, 0.25) is 0 Å². The molecule has 0 aliphatic rings. The maximum atomic E-state index is 12.5. The van der Waals surface area contributed by atoms with E-state index < -0.39 is 29.3 Å². The average Bonchev–Trinajstić information content (AvgIpc) is 2.16. The molecule has 0 saturated carbocycles. The lowest BCUT2D eigenvalue weighted by Crippen LogP contribution is -2.09. The topological polar surface area (TPSA) is 96.4 Å². The molecule has 0 aliphatic carbocycles. The van der Waals surface area contributed by atoms with Gasteiger partial charge in [0.1, 0.15) is 5.75 Å². The Balaban J connectivity index is 3.44. The standard InChI is InChI=1S/C8H8F2N2O3/c9-7(10)5-3(8(14)15)2-12-4(1-11)6(5)13/h2,7,13H,1,11H2,(H,14,15). The molecule has 0 radical (unpaired) electrons. The van der Waals surface area contributed by atoms with Crippen LogP contribution in [0.1, 0.15) is 28.0 Å². The molecule has 15 heavy (non-hydrogen) atoms. The van der Waals surface area contributed by atoms with Gasteiger partial charge in [-0.2, -0.15) is 0 Å². The molecule has 0 aromatic carbocycles. The zero-order chi connectivity index (χ0) is 11.6. The Morgan fingerprint density at radius 1 is 1.60 bits per heavy atom. The average molecular weight is 218 g/mol. The predicted octanol–water partition coefficient (Wildman–Crippen LogP) is 0.882. The van der Waals surface area contributed by atoms with Crippen molar-refractivity contribution in [3.63, 3.8) is 0 Å². The number of hydrogen-bond donors (Lipinski definition) is 3. The summed E-state index contributed by atoms with van der Waals surface area (Å²) in [5.74, 6) is -2.43. The Kier molecular flexibility index (Phi) is 3.15. The summed E-state index contributed by atoms with van der Waals surface area (Å²) in [5, 5.41) is 17.9.